The van der Waals surface area contributed by atoms with Gasteiger partial charge in [-0.25, -0.2) is 0 Å². The molecular formula is C17H16BrN3O2. The molecule has 5 N–H and O–H groups in total. The number of hydrogen-bond donors (Lipinski definition) is 4. The van der Waals surface area contributed by atoms with Gasteiger partial charge in [0.15, 0.2) is 5.88 Å². The Morgan fingerprint density at radius 1 is 1.17 bits per heavy atom. The van der Waals surface area contributed by atoms with Gasteiger partial charge in [0.2, 0.25) is 0 Å². The van der Waals surface area contributed by atoms with Gasteiger partial charge in [-0.15, -0.1) is 0 Å². The number of hydrogen-bond acceptors (Lipinski definition) is 4. The molecule has 0 fully saturated rings. The Kier molecular flexibility index (Phi) is 4.36. The highest BCUT2D eigenvalue weighted by atomic mass is 79.9. The highest BCUT2D eigenvalue weighted by molar-refractivity contribution is 9.10. The standard InChI is InChI=1S/C17H16BrN3O2/c18-11-4-5-14-13(9-11)15(17(23)21-14)16(20-7-6-19)10-2-1-3-12(22)8-10/h1-5,8-9,21-23H,6-7,19H2. The Balaban J connectivity index is 2.25. The average Bonchev–Trinajstić information content (AvgIpc) is 2.84. The molecule has 0 saturated heterocycles. The van der Waals surface area contributed by atoms with Crippen molar-refractivity contribution < 1.29 is 10.2 Å². The molecule has 0 saturated carbocycles. The Morgan fingerprint density at radius 3 is 2.74 bits per heavy atom. The summed E-state index contributed by atoms with van der Waals surface area (Å²) >= 11 is 3.45. The summed E-state index contributed by atoms with van der Waals surface area (Å²) < 4.78 is 0.902. The van der Waals surface area contributed by atoms with Crippen LogP contribution in [0, 0.1) is 0 Å². The van der Waals surface area contributed by atoms with Crippen LogP contribution in [-0.4, -0.2) is 34.0 Å². The predicted molar refractivity (Wildman–Crippen MR) is 95.3 cm³/mol. The minimum atomic E-state index is 0.0391. The predicted octanol–water partition coefficient (Wildman–Crippen LogP) is 3.14. The molecule has 118 valence electrons. The van der Waals surface area contributed by atoms with Gasteiger partial charge in [-0.2, -0.15) is 0 Å². The molecule has 0 unspecified atom stereocenters. The van der Waals surface area contributed by atoms with Crippen LogP contribution in [-0.2, 0) is 0 Å². The van der Waals surface area contributed by atoms with Gasteiger partial charge in [-0.05, 0) is 30.3 Å². The summed E-state index contributed by atoms with van der Waals surface area (Å²) in [6.07, 6.45) is 0. The van der Waals surface area contributed by atoms with Gasteiger partial charge in [0.05, 0.1) is 17.8 Å². The van der Waals surface area contributed by atoms with Crippen molar-refractivity contribution in [2.24, 2.45) is 10.7 Å². The number of H-pyrrole nitrogens is 1. The molecule has 0 radical (unpaired) electrons. The normalized spacial score (nSPS) is 12.0. The van der Waals surface area contributed by atoms with E-state index in [2.05, 4.69) is 25.9 Å². The molecule has 2 aromatic carbocycles. The second kappa shape index (κ2) is 6.44. The molecule has 0 amide bonds. The average molecular weight is 374 g/mol. The quantitative estimate of drug-likeness (QED) is 0.529. The Bertz CT molecular complexity index is 887. The zero-order chi connectivity index (χ0) is 16.4. The number of halogens is 1. The summed E-state index contributed by atoms with van der Waals surface area (Å²) in [6.45, 7) is 0.820. The third-order valence-electron chi connectivity index (χ3n) is 3.50. The van der Waals surface area contributed by atoms with Crippen LogP contribution in [0.15, 0.2) is 51.9 Å². The Morgan fingerprint density at radius 2 is 2.00 bits per heavy atom. The molecule has 23 heavy (non-hydrogen) atoms. The first-order valence-electron chi connectivity index (χ1n) is 7.14. The van der Waals surface area contributed by atoms with Gasteiger partial charge in [0, 0.05) is 27.5 Å². The van der Waals surface area contributed by atoms with Crippen LogP contribution in [0.1, 0.15) is 11.1 Å². The van der Waals surface area contributed by atoms with Crippen molar-refractivity contribution in [2.45, 2.75) is 0 Å². The van der Waals surface area contributed by atoms with E-state index in [9.17, 15) is 10.2 Å². The molecule has 1 aromatic heterocycles. The lowest BCUT2D eigenvalue weighted by Gasteiger charge is -2.08. The molecule has 0 aliphatic rings. The maximum atomic E-state index is 10.4. The molecule has 6 heteroatoms. The van der Waals surface area contributed by atoms with E-state index < -0.39 is 0 Å². The fourth-order valence-electron chi connectivity index (χ4n) is 2.53. The zero-order valence-electron chi connectivity index (χ0n) is 12.3. The number of aromatic nitrogens is 1. The van der Waals surface area contributed by atoms with Crippen LogP contribution >= 0.6 is 15.9 Å². The molecular weight excluding hydrogens is 358 g/mol. The van der Waals surface area contributed by atoms with Crippen LogP contribution in [0.4, 0.5) is 0 Å². The van der Waals surface area contributed by atoms with E-state index in [1.165, 1.54) is 0 Å². The third-order valence-corrected chi connectivity index (χ3v) is 3.99. The lowest BCUT2D eigenvalue weighted by Crippen LogP contribution is -2.09. The number of phenolic OH excluding ortho intramolecular Hbond substituents is 1. The van der Waals surface area contributed by atoms with Crippen LogP contribution in [0.3, 0.4) is 0 Å². The van der Waals surface area contributed by atoms with E-state index in [-0.39, 0.29) is 11.6 Å². The van der Waals surface area contributed by atoms with Crippen LogP contribution in [0.25, 0.3) is 10.9 Å². The molecule has 0 bridgehead atoms. The van der Waals surface area contributed by atoms with E-state index in [0.717, 1.165) is 20.9 Å². The van der Waals surface area contributed by atoms with E-state index in [4.69, 9.17) is 5.73 Å². The Hall–Kier alpha value is -2.31. The number of aliphatic imine (C=N–C) groups is 1. The third kappa shape index (κ3) is 3.09. The maximum absolute atomic E-state index is 10.4. The van der Waals surface area contributed by atoms with E-state index >= 15 is 0 Å². The zero-order valence-corrected chi connectivity index (χ0v) is 13.8. The molecule has 0 aliphatic heterocycles. The van der Waals surface area contributed by atoms with Crippen molar-refractivity contribution in [3.8, 4) is 11.6 Å². The first kappa shape index (κ1) is 15.6. The van der Waals surface area contributed by atoms with E-state index in [0.29, 0.717) is 24.4 Å². The summed E-state index contributed by atoms with van der Waals surface area (Å²) in [6, 6.07) is 12.5. The minimum absolute atomic E-state index is 0.0391. The van der Waals surface area contributed by atoms with Crippen LogP contribution in [0.5, 0.6) is 11.6 Å². The van der Waals surface area contributed by atoms with Gasteiger partial charge in [-0.3, -0.25) is 4.99 Å². The molecule has 0 aliphatic carbocycles. The highest BCUT2D eigenvalue weighted by Crippen LogP contribution is 2.32. The number of nitrogens with zero attached hydrogens (tertiary/aromatic N) is 1. The van der Waals surface area contributed by atoms with Crippen molar-refractivity contribution in [3.05, 3.63) is 58.1 Å². The lowest BCUT2D eigenvalue weighted by atomic mass is 10.0. The van der Waals surface area contributed by atoms with E-state index in [1.54, 1.807) is 18.2 Å². The summed E-state index contributed by atoms with van der Waals surface area (Å²) in [5.74, 6) is 0.181. The second-order valence-electron chi connectivity index (χ2n) is 5.11. The van der Waals surface area contributed by atoms with Gasteiger partial charge in [0.25, 0.3) is 0 Å². The van der Waals surface area contributed by atoms with Crippen molar-refractivity contribution in [1.29, 1.82) is 0 Å². The number of phenols is 1. The number of aromatic amines is 1. The van der Waals surface area contributed by atoms with Gasteiger partial charge < -0.3 is 20.9 Å². The van der Waals surface area contributed by atoms with Gasteiger partial charge in [-0.1, -0.05) is 28.1 Å². The lowest BCUT2D eigenvalue weighted by molar-refractivity contribution is 0.457. The molecule has 1 heterocycles. The van der Waals surface area contributed by atoms with Crippen molar-refractivity contribution in [3.63, 3.8) is 0 Å². The molecule has 3 aromatic rings. The van der Waals surface area contributed by atoms with Crippen molar-refractivity contribution in [1.82, 2.24) is 4.98 Å². The van der Waals surface area contributed by atoms with Gasteiger partial charge in [0.1, 0.15) is 5.75 Å². The van der Waals surface area contributed by atoms with Crippen molar-refractivity contribution in [2.75, 3.05) is 13.1 Å². The summed E-state index contributed by atoms with van der Waals surface area (Å²) in [7, 11) is 0. The maximum Gasteiger partial charge on any atom is 0.199 e. The molecule has 0 spiro atoms. The topological polar surface area (TPSA) is 94.6 Å². The van der Waals surface area contributed by atoms with Crippen LogP contribution < -0.4 is 5.73 Å². The number of fused-ring (bicyclic) bond motifs is 1. The number of benzene rings is 2. The highest BCUT2D eigenvalue weighted by Gasteiger charge is 2.18. The first-order valence-corrected chi connectivity index (χ1v) is 7.94. The second-order valence-corrected chi connectivity index (χ2v) is 6.02. The summed E-state index contributed by atoms with van der Waals surface area (Å²) in [4.78, 5) is 7.48. The fraction of sp³-hybridized carbons (Fsp3) is 0.118. The van der Waals surface area contributed by atoms with Crippen molar-refractivity contribution >= 4 is 32.5 Å². The minimum Gasteiger partial charge on any atom is -0.508 e. The molecule has 5 nitrogen and oxygen atoms in total. The van der Waals surface area contributed by atoms with Crippen LogP contribution in [0.2, 0.25) is 0 Å². The Labute approximate surface area is 141 Å². The molecule has 0 atom stereocenters. The SMILES string of the molecule is NCCN=C(c1cccc(O)c1)c1c(O)[nH]c2ccc(Br)cc12. The van der Waals surface area contributed by atoms with Gasteiger partial charge >= 0.3 is 0 Å². The number of nitrogens with two attached hydrogens (primary N) is 1. The fourth-order valence-corrected chi connectivity index (χ4v) is 2.89. The molecule has 3 rings (SSSR count). The largest absolute Gasteiger partial charge is 0.508 e. The number of aromatic hydroxyl groups is 2. The summed E-state index contributed by atoms with van der Waals surface area (Å²) in [5.41, 5.74) is 8.29. The monoisotopic (exact) mass is 373 g/mol. The summed E-state index contributed by atoms with van der Waals surface area (Å²) in [5, 5.41) is 21.0. The number of nitrogens with one attached hydrogen (secondary N) is 1. The first-order chi connectivity index (χ1) is 11.1. The number of rotatable bonds is 4. The smallest absolute Gasteiger partial charge is 0.199 e. The van der Waals surface area contributed by atoms with E-state index in [1.807, 2.05) is 24.3 Å².